The van der Waals surface area contributed by atoms with Crippen LogP contribution in [0, 0.1) is 18.3 Å². The number of aryl methyl sites for hydroxylation is 1. The molecule has 0 unspecified atom stereocenters. The van der Waals surface area contributed by atoms with E-state index in [0.29, 0.717) is 22.2 Å². The van der Waals surface area contributed by atoms with Crippen molar-refractivity contribution in [2.75, 3.05) is 16.9 Å². The van der Waals surface area contributed by atoms with Gasteiger partial charge in [0.25, 0.3) is 5.91 Å². The molecule has 2 aromatic rings. The fourth-order valence-electron chi connectivity index (χ4n) is 3.75. The van der Waals surface area contributed by atoms with Gasteiger partial charge >= 0.3 is 0 Å². The maximum Gasteiger partial charge on any atom is 0.259 e. The van der Waals surface area contributed by atoms with Crippen molar-refractivity contribution in [3.05, 3.63) is 47.7 Å². The zero-order valence-electron chi connectivity index (χ0n) is 15.1. The Morgan fingerprint density at radius 1 is 1.26 bits per heavy atom. The quantitative estimate of drug-likeness (QED) is 0.763. The number of pyridine rings is 1. The van der Waals surface area contributed by atoms with E-state index in [1.54, 1.807) is 36.4 Å². The monoisotopic (exact) mass is 378 g/mol. The molecule has 4 rings (SSSR count). The molecule has 1 aliphatic carbocycles. The second kappa shape index (κ2) is 6.32. The van der Waals surface area contributed by atoms with Gasteiger partial charge in [0, 0.05) is 6.07 Å². The van der Waals surface area contributed by atoms with Crippen LogP contribution in [0.25, 0.3) is 0 Å². The number of carbonyl (C=O) groups is 1. The van der Waals surface area contributed by atoms with Gasteiger partial charge < -0.3 is 9.64 Å². The lowest BCUT2D eigenvalue weighted by molar-refractivity contribution is -0.123. The average Bonchev–Trinajstić information content (AvgIpc) is 2.88. The summed E-state index contributed by atoms with van der Waals surface area (Å²) < 4.78 is 5.13. The van der Waals surface area contributed by atoms with Gasteiger partial charge in [-0.2, -0.15) is 5.26 Å². The van der Waals surface area contributed by atoms with Crippen LogP contribution in [0.2, 0.25) is 0 Å². The first-order chi connectivity index (χ1) is 13.0. The molecule has 136 valence electrons. The second-order valence-electron chi connectivity index (χ2n) is 6.81. The Kier molecular flexibility index (Phi) is 4.08. The Bertz CT molecular complexity index is 976. The number of amides is 1. The van der Waals surface area contributed by atoms with Gasteiger partial charge in [-0.15, -0.1) is 0 Å². The number of carbonyl (C=O) groups excluding carboxylic acids is 1. The van der Waals surface area contributed by atoms with Gasteiger partial charge in [-0.05, 0) is 68.2 Å². The van der Waals surface area contributed by atoms with Crippen LogP contribution in [-0.4, -0.2) is 28.7 Å². The molecule has 1 aliphatic heterocycles. The molecule has 1 saturated heterocycles. The smallest absolute Gasteiger partial charge is 0.259 e. The van der Waals surface area contributed by atoms with Crippen LogP contribution in [0.1, 0.15) is 30.4 Å². The van der Waals surface area contributed by atoms with E-state index in [4.69, 9.17) is 22.2 Å². The molecule has 2 aliphatic rings. The van der Waals surface area contributed by atoms with E-state index >= 15 is 0 Å². The molecule has 1 spiro atoms. The van der Waals surface area contributed by atoms with Crippen LogP contribution in [0.15, 0.2) is 36.5 Å². The lowest BCUT2D eigenvalue weighted by atomic mass is 9.75. The highest BCUT2D eigenvalue weighted by Gasteiger charge is 2.59. The van der Waals surface area contributed by atoms with E-state index in [9.17, 15) is 4.79 Å². The third-order valence-corrected chi connectivity index (χ3v) is 5.73. The Morgan fingerprint density at radius 3 is 2.52 bits per heavy atom. The molecule has 0 atom stereocenters. The van der Waals surface area contributed by atoms with Crippen LogP contribution in [0.4, 0.5) is 11.4 Å². The van der Waals surface area contributed by atoms with Gasteiger partial charge in [-0.3, -0.25) is 9.69 Å². The number of benzene rings is 1. The van der Waals surface area contributed by atoms with Gasteiger partial charge in [0.1, 0.15) is 5.54 Å². The molecular formula is C20H18N4O2S. The van der Waals surface area contributed by atoms with Crippen LogP contribution in [-0.2, 0) is 4.79 Å². The molecule has 0 radical (unpaired) electrons. The number of nitrogens with zero attached hydrogens (tertiary/aromatic N) is 4. The number of hydrogen-bond donors (Lipinski definition) is 0. The van der Waals surface area contributed by atoms with E-state index in [-0.39, 0.29) is 5.91 Å². The fourth-order valence-corrected chi connectivity index (χ4v) is 4.21. The molecule has 1 aromatic carbocycles. The molecule has 1 saturated carbocycles. The van der Waals surface area contributed by atoms with Crippen molar-refractivity contribution in [1.82, 2.24) is 4.98 Å². The minimum Gasteiger partial charge on any atom is -0.481 e. The second-order valence-corrected chi connectivity index (χ2v) is 7.18. The van der Waals surface area contributed by atoms with Crippen molar-refractivity contribution >= 4 is 34.6 Å². The van der Waals surface area contributed by atoms with Crippen molar-refractivity contribution in [2.24, 2.45) is 0 Å². The average molecular weight is 378 g/mol. The van der Waals surface area contributed by atoms with Crippen molar-refractivity contribution in [3.63, 3.8) is 0 Å². The number of methoxy groups -OCH3 is 1. The largest absolute Gasteiger partial charge is 0.481 e. The van der Waals surface area contributed by atoms with E-state index in [2.05, 4.69) is 11.1 Å². The standard InChI is InChI=1S/C20H18N4O2S/c1-13-10-15(5-4-14(13)11-21)23-18(25)20(8-3-9-20)24(19(23)27)16-6-7-17(26-2)22-12-16/h4-7,10,12H,3,8-9H2,1-2H3. The summed E-state index contributed by atoms with van der Waals surface area (Å²) in [5, 5.41) is 9.60. The lowest BCUT2D eigenvalue weighted by Crippen LogP contribution is -2.55. The first kappa shape index (κ1) is 17.4. The first-order valence-corrected chi connectivity index (χ1v) is 9.12. The maximum absolute atomic E-state index is 13.4. The highest BCUT2D eigenvalue weighted by Crippen LogP contribution is 2.47. The summed E-state index contributed by atoms with van der Waals surface area (Å²) in [7, 11) is 1.56. The molecule has 2 heterocycles. The molecule has 2 fully saturated rings. The van der Waals surface area contributed by atoms with Crippen LogP contribution in [0.5, 0.6) is 5.88 Å². The van der Waals surface area contributed by atoms with Crippen molar-refractivity contribution in [1.29, 1.82) is 5.26 Å². The summed E-state index contributed by atoms with van der Waals surface area (Å²) in [5.74, 6) is 0.496. The number of ether oxygens (including phenoxy) is 1. The summed E-state index contributed by atoms with van der Waals surface area (Å²) in [4.78, 5) is 21.2. The maximum atomic E-state index is 13.4. The molecular weight excluding hydrogens is 360 g/mol. The first-order valence-electron chi connectivity index (χ1n) is 8.71. The van der Waals surface area contributed by atoms with Gasteiger partial charge in [-0.25, -0.2) is 4.98 Å². The number of thiocarbonyl (C=S) groups is 1. The molecule has 27 heavy (non-hydrogen) atoms. The molecule has 0 N–H and O–H groups in total. The number of aromatic nitrogens is 1. The summed E-state index contributed by atoms with van der Waals surface area (Å²) in [6, 6.07) is 11.1. The van der Waals surface area contributed by atoms with Crippen LogP contribution < -0.4 is 14.5 Å². The van der Waals surface area contributed by atoms with Crippen LogP contribution in [0.3, 0.4) is 0 Å². The number of anilines is 2. The number of rotatable bonds is 3. The van der Waals surface area contributed by atoms with Crippen LogP contribution >= 0.6 is 12.2 Å². The molecule has 1 amide bonds. The summed E-state index contributed by atoms with van der Waals surface area (Å²) in [5.41, 5.74) is 2.23. The molecule has 1 aromatic heterocycles. The van der Waals surface area contributed by atoms with Gasteiger partial charge in [0.2, 0.25) is 5.88 Å². The molecule has 6 nitrogen and oxygen atoms in total. The van der Waals surface area contributed by atoms with Gasteiger partial charge in [0.15, 0.2) is 5.11 Å². The summed E-state index contributed by atoms with van der Waals surface area (Å²) in [6.45, 7) is 1.86. The number of hydrogen-bond acceptors (Lipinski definition) is 5. The van der Waals surface area contributed by atoms with E-state index in [0.717, 1.165) is 30.5 Å². The van der Waals surface area contributed by atoms with E-state index in [1.807, 2.05) is 24.0 Å². The Morgan fingerprint density at radius 2 is 2.00 bits per heavy atom. The van der Waals surface area contributed by atoms with Gasteiger partial charge in [-0.1, -0.05) is 0 Å². The topological polar surface area (TPSA) is 69.5 Å². The highest BCUT2D eigenvalue weighted by molar-refractivity contribution is 7.81. The van der Waals surface area contributed by atoms with E-state index < -0.39 is 5.54 Å². The Hall–Kier alpha value is -2.98. The molecule has 0 bridgehead atoms. The summed E-state index contributed by atoms with van der Waals surface area (Å²) >= 11 is 5.72. The third kappa shape index (κ3) is 2.48. The number of nitriles is 1. The Labute approximate surface area is 163 Å². The Balaban J connectivity index is 1.77. The van der Waals surface area contributed by atoms with Crippen molar-refractivity contribution in [2.45, 2.75) is 31.7 Å². The molecule has 7 heteroatoms. The predicted molar refractivity (Wildman–Crippen MR) is 106 cm³/mol. The predicted octanol–water partition coefficient (Wildman–Crippen LogP) is 3.33. The van der Waals surface area contributed by atoms with Crippen molar-refractivity contribution < 1.29 is 9.53 Å². The van der Waals surface area contributed by atoms with Crippen molar-refractivity contribution in [3.8, 4) is 11.9 Å². The van der Waals surface area contributed by atoms with Gasteiger partial charge in [0.05, 0.1) is 36.3 Å². The minimum atomic E-state index is -0.644. The zero-order valence-corrected chi connectivity index (χ0v) is 15.9. The zero-order chi connectivity index (χ0) is 19.2. The minimum absolute atomic E-state index is 0.0151. The summed E-state index contributed by atoms with van der Waals surface area (Å²) in [6.07, 6.45) is 4.17. The lowest BCUT2D eigenvalue weighted by Gasteiger charge is -2.42. The highest BCUT2D eigenvalue weighted by atomic mass is 32.1. The fraction of sp³-hybridized carbons (Fsp3) is 0.300. The normalized spacial score (nSPS) is 17.8. The third-order valence-electron chi connectivity index (χ3n) is 5.37. The SMILES string of the molecule is COc1ccc(N2C(=S)N(c3ccc(C#N)c(C)c3)C(=O)C23CCC3)cn1. The van der Waals surface area contributed by atoms with E-state index in [1.165, 1.54) is 0 Å².